The summed E-state index contributed by atoms with van der Waals surface area (Å²) in [6.45, 7) is 2.91. The molecule has 7 nitrogen and oxygen atoms in total. The maximum atomic E-state index is 13.0. The molecule has 0 aliphatic carbocycles. The van der Waals surface area contributed by atoms with Gasteiger partial charge >= 0.3 is 0 Å². The first-order valence-corrected chi connectivity index (χ1v) is 12.1. The SMILES string of the molecule is O=C(c1ccc(C2Nc3ccccc3S(=O)(=O)N2)cc1)N1CCN(c2ccccc2)CC1. The monoisotopic (exact) mass is 448 g/mol. The van der Waals surface area contributed by atoms with Crippen LogP contribution in [-0.2, 0) is 10.0 Å². The second-order valence-electron chi connectivity index (χ2n) is 7.93. The third-order valence-electron chi connectivity index (χ3n) is 5.93. The third-order valence-corrected chi connectivity index (χ3v) is 7.41. The Morgan fingerprint density at radius 3 is 2.19 bits per heavy atom. The predicted molar refractivity (Wildman–Crippen MR) is 124 cm³/mol. The number of piperazine rings is 1. The Kier molecular flexibility index (Phi) is 5.32. The molecule has 164 valence electrons. The standard InChI is InChI=1S/C24H24N4O3S/c29-24(28-16-14-27(15-17-28)20-6-2-1-3-7-20)19-12-10-18(11-13-19)23-25-21-8-4-5-9-22(21)32(30,31)26-23/h1-13,23,25-26H,14-17H2. The normalized spacial score (nSPS) is 19.7. The van der Waals surface area contributed by atoms with E-state index in [-0.39, 0.29) is 10.8 Å². The molecule has 8 heteroatoms. The molecule has 1 atom stereocenters. The van der Waals surface area contributed by atoms with Crippen LogP contribution in [0.3, 0.4) is 0 Å². The average molecular weight is 449 g/mol. The first kappa shape index (κ1) is 20.5. The van der Waals surface area contributed by atoms with E-state index >= 15 is 0 Å². The molecule has 0 aromatic heterocycles. The Morgan fingerprint density at radius 1 is 0.812 bits per heavy atom. The molecule has 2 heterocycles. The van der Waals surface area contributed by atoms with Gasteiger partial charge in [-0.2, -0.15) is 4.72 Å². The van der Waals surface area contributed by atoms with Crippen LogP contribution >= 0.6 is 0 Å². The molecule has 0 radical (unpaired) electrons. The molecule has 3 aromatic carbocycles. The Hall–Kier alpha value is -3.36. The van der Waals surface area contributed by atoms with Gasteiger partial charge in [0.05, 0.1) is 5.69 Å². The van der Waals surface area contributed by atoms with Gasteiger partial charge in [0.1, 0.15) is 11.1 Å². The van der Waals surface area contributed by atoms with Crippen molar-refractivity contribution in [2.24, 2.45) is 0 Å². The Morgan fingerprint density at radius 2 is 1.47 bits per heavy atom. The van der Waals surface area contributed by atoms with Gasteiger partial charge in [-0.15, -0.1) is 0 Å². The highest BCUT2D eigenvalue weighted by Crippen LogP contribution is 2.31. The summed E-state index contributed by atoms with van der Waals surface area (Å²) < 4.78 is 27.8. The first-order chi connectivity index (χ1) is 15.5. The molecule has 5 rings (SSSR count). The topological polar surface area (TPSA) is 81.7 Å². The number of nitrogens with one attached hydrogen (secondary N) is 2. The van der Waals surface area contributed by atoms with E-state index in [0.717, 1.165) is 18.7 Å². The molecule has 2 N–H and O–H groups in total. The summed E-state index contributed by atoms with van der Waals surface area (Å²) in [5.41, 5.74) is 3.08. The lowest BCUT2D eigenvalue weighted by molar-refractivity contribution is 0.0746. The van der Waals surface area contributed by atoms with E-state index < -0.39 is 16.2 Å². The summed E-state index contributed by atoms with van der Waals surface area (Å²) in [6, 6.07) is 24.1. The van der Waals surface area contributed by atoms with Crippen LogP contribution in [0.15, 0.2) is 83.8 Å². The summed E-state index contributed by atoms with van der Waals surface area (Å²) in [7, 11) is -3.60. The highest BCUT2D eigenvalue weighted by atomic mass is 32.2. The zero-order valence-electron chi connectivity index (χ0n) is 17.4. The highest BCUT2D eigenvalue weighted by molar-refractivity contribution is 7.89. The van der Waals surface area contributed by atoms with Crippen molar-refractivity contribution in [1.29, 1.82) is 0 Å². The van der Waals surface area contributed by atoms with E-state index in [0.29, 0.717) is 24.3 Å². The van der Waals surface area contributed by atoms with Crippen molar-refractivity contribution in [1.82, 2.24) is 9.62 Å². The third kappa shape index (κ3) is 3.94. The van der Waals surface area contributed by atoms with Gasteiger partial charge in [-0.3, -0.25) is 4.79 Å². The molecule has 0 bridgehead atoms. The van der Waals surface area contributed by atoms with Gasteiger partial charge in [0.25, 0.3) is 5.91 Å². The van der Waals surface area contributed by atoms with Crippen LogP contribution in [0.25, 0.3) is 0 Å². The number of para-hydroxylation sites is 2. The van der Waals surface area contributed by atoms with E-state index in [2.05, 4.69) is 27.1 Å². The molecule has 1 fully saturated rings. The van der Waals surface area contributed by atoms with Crippen molar-refractivity contribution >= 4 is 27.3 Å². The lowest BCUT2D eigenvalue weighted by Crippen LogP contribution is -2.48. The number of hydrogen-bond donors (Lipinski definition) is 2. The summed E-state index contributed by atoms with van der Waals surface area (Å²) in [4.78, 5) is 17.4. The maximum Gasteiger partial charge on any atom is 0.253 e. The zero-order chi connectivity index (χ0) is 22.1. The molecule has 2 aliphatic heterocycles. The van der Waals surface area contributed by atoms with Crippen molar-refractivity contribution in [3.05, 3.63) is 90.0 Å². The summed E-state index contributed by atoms with van der Waals surface area (Å²) in [6.07, 6.45) is -0.589. The quantitative estimate of drug-likeness (QED) is 0.644. The molecule has 3 aromatic rings. The lowest BCUT2D eigenvalue weighted by atomic mass is 10.1. The zero-order valence-corrected chi connectivity index (χ0v) is 18.3. The van der Waals surface area contributed by atoms with Gasteiger partial charge in [-0.1, -0.05) is 42.5 Å². The summed E-state index contributed by atoms with van der Waals surface area (Å²) in [5.74, 6) is -0.00760. The van der Waals surface area contributed by atoms with Gasteiger partial charge in [-0.25, -0.2) is 8.42 Å². The molecule has 1 amide bonds. The lowest BCUT2D eigenvalue weighted by Gasteiger charge is -2.36. The molecule has 0 spiro atoms. The molecular weight excluding hydrogens is 424 g/mol. The average Bonchev–Trinajstić information content (AvgIpc) is 2.84. The summed E-state index contributed by atoms with van der Waals surface area (Å²) in [5, 5.41) is 3.21. The van der Waals surface area contributed by atoms with Crippen LogP contribution < -0.4 is 14.9 Å². The number of rotatable bonds is 3. The van der Waals surface area contributed by atoms with Crippen molar-refractivity contribution in [2.75, 3.05) is 36.4 Å². The molecule has 2 aliphatic rings. The fraction of sp³-hybridized carbons (Fsp3) is 0.208. The number of nitrogens with zero attached hydrogens (tertiary/aromatic N) is 2. The van der Waals surface area contributed by atoms with Crippen molar-refractivity contribution < 1.29 is 13.2 Å². The molecule has 1 unspecified atom stereocenters. The number of amides is 1. The number of carbonyl (C=O) groups excluding carboxylic acids is 1. The van der Waals surface area contributed by atoms with Crippen LogP contribution in [0, 0.1) is 0 Å². The Bertz CT molecular complexity index is 1220. The number of benzene rings is 3. The second kappa shape index (κ2) is 8.29. The van der Waals surface area contributed by atoms with Crippen LogP contribution in [0.4, 0.5) is 11.4 Å². The molecule has 32 heavy (non-hydrogen) atoms. The molecular formula is C24H24N4O3S. The smallest absolute Gasteiger partial charge is 0.253 e. The van der Waals surface area contributed by atoms with Gasteiger partial charge < -0.3 is 15.1 Å². The minimum atomic E-state index is -3.60. The number of sulfonamides is 1. The highest BCUT2D eigenvalue weighted by Gasteiger charge is 2.30. The van der Waals surface area contributed by atoms with Crippen LogP contribution in [-0.4, -0.2) is 45.4 Å². The predicted octanol–water partition coefficient (Wildman–Crippen LogP) is 3.05. The van der Waals surface area contributed by atoms with Crippen LogP contribution in [0.5, 0.6) is 0 Å². The second-order valence-corrected chi connectivity index (χ2v) is 9.61. The van der Waals surface area contributed by atoms with Crippen molar-refractivity contribution in [3.63, 3.8) is 0 Å². The number of fused-ring (bicyclic) bond motifs is 1. The minimum absolute atomic E-state index is 0.00760. The van der Waals surface area contributed by atoms with Gasteiger partial charge in [0, 0.05) is 37.4 Å². The van der Waals surface area contributed by atoms with Gasteiger partial charge in [-0.05, 0) is 42.0 Å². The Balaban J connectivity index is 1.26. The first-order valence-electron chi connectivity index (χ1n) is 10.6. The van der Waals surface area contributed by atoms with E-state index in [9.17, 15) is 13.2 Å². The number of hydrogen-bond acceptors (Lipinski definition) is 5. The van der Waals surface area contributed by atoms with Gasteiger partial charge in [0.15, 0.2) is 0 Å². The van der Waals surface area contributed by atoms with Gasteiger partial charge in [0.2, 0.25) is 10.0 Å². The van der Waals surface area contributed by atoms with E-state index in [4.69, 9.17) is 0 Å². The Labute approximate surface area is 187 Å². The van der Waals surface area contributed by atoms with E-state index in [1.807, 2.05) is 23.1 Å². The largest absolute Gasteiger partial charge is 0.368 e. The van der Waals surface area contributed by atoms with Crippen molar-refractivity contribution in [3.8, 4) is 0 Å². The van der Waals surface area contributed by atoms with Crippen LogP contribution in [0.2, 0.25) is 0 Å². The fourth-order valence-corrected chi connectivity index (χ4v) is 5.49. The number of anilines is 2. The minimum Gasteiger partial charge on any atom is -0.368 e. The van der Waals surface area contributed by atoms with Crippen LogP contribution in [0.1, 0.15) is 22.1 Å². The van der Waals surface area contributed by atoms with Crippen molar-refractivity contribution in [2.45, 2.75) is 11.1 Å². The number of carbonyl (C=O) groups is 1. The maximum absolute atomic E-state index is 13.0. The summed E-state index contributed by atoms with van der Waals surface area (Å²) >= 11 is 0. The van der Waals surface area contributed by atoms with E-state index in [1.54, 1.807) is 48.5 Å². The molecule has 1 saturated heterocycles. The van der Waals surface area contributed by atoms with E-state index in [1.165, 1.54) is 5.69 Å². The molecule has 0 saturated carbocycles. The fourth-order valence-electron chi connectivity index (χ4n) is 4.18.